The number of alkyl halides is 6. The van der Waals surface area contributed by atoms with Crippen molar-refractivity contribution in [1.29, 1.82) is 0 Å². The van der Waals surface area contributed by atoms with Gasteiger partial charge in [0.15, 0.2) is 0 Å². The number of nitrogens with two attached hydrogens (primary N) is 2. The van der Waals surface area contributed by atoms with Gasteiger partial charge in [-0.2, -0.15) is 13.2 Å². The Labute approximate surface area is 142 Å². The molecule has 12 heteroatoms. The van der Waals surface area contributed by atoms with Crippen LogP contribution >= 0.6 is 0 Å². The lowest BCUT2D eigenvalue weighted by atomic mass is 10.0. The number of aromatic nitrogens is 3. The third-order valence-electron chi connectivity index (χ3n) is 2.88. The van der Waals surface area contributed by atoms with Crippen LogP contribution in [0.15, 0.2) is 23.9 Å². The highest BCUT2D eigenvalue weighted by molar-refractivity contribution is 5.75. The van der Waals surface area contributed by atoms with Crippen molar-refractivity contribution >= 4 is 12.0 Å². The van der Waals surface area contributed by atoms with Crippen LogP contribution in [0.4, 0.5) is 32.3 Å². The molecule has 0 unspecified atom stereocenters. The van der Waals surface area contributed by atoms with Crippen LogP contribution in [0.1, 0.15) is 18.2 Å². The van der Waals surface area contributed by atoms with Crippen molar-refractivity contribution in [2.75, 3.05) is 5.73 Å². The van der Waals surface area contributed by atoms with Gasteiger partial charge in [0, 0.05) is 11.3 Å². The molecule has 1 aromatic heterocycles. The lowest BCUT2D eigenvalue weighted by Gasteiger charge is -2.16. The number of nitrogens with zero attached hydrogens (tertiary/aromatic N) is 3. The van der Waals surface area contributed by atoms with Crippen molar-refractivity contribution < 1.29 is 31.1 Å². The van der Waals surface area contributed by atoms with E-state index in [1.807, 2.05) is 0 Å². The molecule has 140 valence electrons. The van der Waals surface area contributed by atoms with E-state index in [-0.39, 0.29) is 29.1 Å². The number of hydrogen-bond acceptors (Lipinski definition) is 6. The van der Waals surface area contributed by atoms with E-state index >= 15 is 0 Å². The Morgan fingerprint density at radius 1 is 1.12 bits per heavy atom. The minimum Gasteiger partial charge on any atom is -0.405 e. The Hall–Kier alpha value is -3.05. The summed E-state index contributed by atoms with van der Waals surface area (Å²) in [5, 5.41) is 7.04. The Kier molecular flexibility index (Phi) is 4.96. The van der Waals surface area contributed by atoms with Gasteiger partial charge in [-0.1, -0.05) is 0 Å². The van der Waals surface area contributed by atoms with Gasteiger partial charge in [0.25, 0.3) is 0 Å². The molecule has 0 aliphatic carbocycles. The van der Waals surface area contributed by atoms with Crippen LogP contribution in [-0.2, 0) is 6.18 Å². The Morgan fingerprint density at radius 2 is 1.77 bits per heavy atom. The second-order valence-electron chi connectivity index (χ2n) is 5.05. The smallest absolute Gasteiger partial charge is 0.405 e. The number of anilines is 1. The first-order chi connectivity index (χ1) is 11.9. The SMILES string of the molecule is C/C(N)=C/c1nc(N)nnc1-c1ccc(C(F)(F)F)cc1OC(F)(F)F. The van der Waals surface area contributed by atoms with Crippen LogP contribution in [0.5, 0.6) is 5.75 Å². The molecule has 0 saturated heterocycles. The van der Waals surface area contributed by atoms with E-state index in [4.69, 9.17) is 11.5 Å². The fourth-order valence-electron chi connectivity index (χ4n) is 1.96. The van der Waals surface area contributed by atoms with Crippen LogP contribution < -0.4 is 16.2 Å². The average Bonchev–Trinajstić information content (AvgIpc) is 2.44. The van der Waals surface area contributed by atoms with Gasteiger partial charge in [-0.3, -0.25) is 0 Å². The van der Waals surface area contributed by atoms with Crippen LogP contribution in [-0.4, -0.2) is 21.5 Å². The van der Waals surface area contributed by atoms with Crippen LogP contribution in [0.2, 0.25) is 0 Å². The first-order valence-corrected chi connectivity index (χ1v) is 6.78. The summed E-state index contributed by atoms with van der Waals surface area (Å²) in [4.78, 5) is 3.79. The highest BCUT2D eigenvalue weighted by Gasteiger charge is 2.36. The molecule has 6 nitrogen and oxygen atoms in total. The van der Waals surface area contributed by atoms with Gasteiger partial charge in [0.05, 0.1) is 11.3 Å². The molecule has 2 rings (SSSR count). The van der Waals surface area contributed by atoms with Gasteiger partial charge >= 0.3 is 12.5 Å². The summed E-state index contributed by atoms with van der Waals surface area (Å²) in [6, 6.07) is 1.57. The largest absolute Gasteiger partial charge is 0.573 e. The van der Waals surface area contributed by atoms with Crippen molar-refractivity contribution in [1.82, 2.24) is 15.2 Å². The van der Waals surface area contributed by atoms with Crippen molar-refractivity contribution in [3.63, 3.8) is 0 Å². The van der Waals surface area contributed by atoms with Crippen LogP contribution in [0.3, 0.4) is 0 Å². The van der Waals surface area contributed by atoms with E-state index < -0.39 is 29.4 Å². The van der Waals surface area contributed by atoms with Crippen LogP contribution in [0, 0.1) is 0 Å². The second kappa shape index (κ2) is 6.69. The third kappa shape index (κ3) is 4.74. The molecule has 2 aromatic rings. The fourth-order valence-corrected chi connectivity index (χ4v) is 1.96. The van der Waals surface area contributed by atoms with E-state index in [0.29, 0.717) is 6.07 Å². The van der Waals surface area contributed by atoms with Gasteiger partial charge in [-0.15, -0.1) is 23.4 Å². The zero-order valence-corrected chi connectivity index (χ0v) is 13.0. The Morgan fingerprint density at radius 3 is 2.31 bits per heavy atom. The quantitative estimate of drug-likeness (QED) is 0.794. The summed E-state index contributed by atoms with van der Waals surface area (Å²) < 4.78 is 80.1. The molecule has 0 fully saturated rings. The summed E-state index contributed by atoms with van der Waals surface area (Å²) in [7, 11) is 0. The number of ether oxygens (including phenoxy) is 1. The average molecular weight is 379 g/mol. The van der Waals surface area contributed by atoms with Gasteiger partial charge in [-0.25, -0.2) is 4.98 Å². The highest BCUT2D eigenvalue weighted by Crippen LogP contribution is 2.39. The predicted octanol–water partition coefficient (Wildman–Crippen LogP) is 3.36. The summed E-state index contributed by atoms with van der Waals surface area (Å²) in [5.41, 5.74) is 9.00. The second-order valence-corrected chi connectivity index (χ2v) is 5.05. The number of benzene rings is 1. The maximum atomic E-state index is 12.8. The number of nitrogen functional groups attached to an aromatic ring is 1. The maximum Gasteiger partial charge on any atom is 0.573 e. The molecule has 4 N–H and O–H groups in total. The number of allylic oxidation sites excluding steroid dienone is 1. The number of hydrogen-bond donors (Lipinski definition) is 2. The van der Waals surface area contributed by atoms with Gasteiger partial charge in [0.1, 0.15) is 11.4 Å². The predicted molar refractivity (Wildman–Crippen MR) is 79.2 cm³/mol. The van der Waals surface area contributed by atoms with Crippen molar-refractivity contribution in [2.24, 2.45) is 5.73 Å². The molecule has 0 amide bonds. The molecule has 0 bridgehead atoms. The van der Waals surface area contributed by atoms with Gasteiger partial charge in [0.2, 0.25) is 5.95 Å². The topological polar surface area (TPSA) is 99.9 Å². The van der Waals surface area contributed by atoms with E-state index in [1.54, 1.807) is 0 Å². The first-order valence-electron chi connectivity index (χ1n) is 6.78. The monoisotopic (exact) mass is 379 g/mol. The van der Waals surface area contributed by atoms with E-state index in [0.717, 1.165) is 6.07 Å². The third-order valence-corrected chi connectivity index (χ3v) is 2.88. The summed E-state index contributed by atoms with van der Waals surface area (Å²) in [5.74, 6) is -1.41. The molecule has 1 aromatic carbocycles. The molecule has 26 heavy (non-hydrogen) atoms. The van der Waals surface area contributed by atoms with Gasteiger partial charge < -0.3 is 16.2 Å². The van der Waals surface area contributed by atoms with Crippen LogP contribution in [0.25, 0.3) is 17.3 Å². The zero-order valence-electron chi connectivity index (χ0n) is 13.0. The lowest BCUT2D eigenvalue weighted by molar-refractivity contribution is -0.274. The molecule has 0 radical (unpaired) electrons. The van der Waals surface area contributed by atoms with Gasteiger partial charge in [-0.05, 0) is 31.2 Å². The summed E-state index contributed by atoms with van der Waals surface area (Å²) in [6.45, 7) is 1.46. The van der Waals surface area contributed by atoms with E-state index in [1.165, 1.54) is 13.0 Å². The Bertz CT molecular complexity index is 843. The highest BCUT2D eigenvalue weighted by atomic mass is 19.4. The summed E-state index contributed by atoms with van der Waals surface area (Å²) in [6.07, 6.45) is -8.87. The molecule has 0 aliphatic heterocycles. The standard InChI is InChI=1S/C14H11F6N5O/c1-6(21)4-9-11(24-25-12(22)23-9)8-3-2-7(13(15,16)17)5-10(8)26-14(18,19)20/h2-5H,21H2,1H3,(H2,22,23,25)/b6-4-. The molecule has 0 aliphatic rings. The number of rotatable bonds is 3. The van der Waals surface area contributed by atoms with E-state index in [9.17, 15) is 26.3 Å². The van der Waals surface area contributed by atoms with Crippen molar-refractivity contribution in [3.8, 4) is 17.0 Å². The maximum absolute atomic E-state index is 12.8. The Balaban J connectivity index is 2.71. The molecule has 0 atom stereocenters. The lowest BCUT2D eigenvalue weighted by Crippen LogP contribution is -2.18. The van der Waals surface area contributed by atoms with Crippen molar-refractivity contribution in [2.45, 2.75) is 19.5 Å². The first kappa shape index (κ1) is 19.3. The molecular formula is C14H11F6N5O. The van der Waals surface area contributed by atoms with E-state index in [2.05, 4.69) is 19.9 Å². The summed E-state index contributed by atoms with van der Waals surface area (Å²) >= 11 is 0. The minimum absolute atomic E-state index is 0.0794. The van der Waals surface area contributed by atoms with Crippen molar-refractivity contribution in [3.05, 3.63) is 35.2 Å². The fraction of sp³-hybridized carbons (Fsp3) is 0.214. The molecular weight excluding hydrogens is 368 g/mol. The molecule has 0 saturated carbocycles. The number of halogens is 6. The molecule has 1 heterocycles. The zero-order chi connectivity index (χ0) is 19.7. The minimum atomic E-state index is -5.23. The molecule has 0 spiro atoms. The normalized spacial score (nSPS) is 13.0.